The Balaban J connectivity index is 3.47. The molecule has 0 aromatic heterocycles. The minimum absolute atomic E-state index is 0.277. The van der Waals surface area contributed by atoms with E-state index in [0.29, 0.717) is 6.04 Å². The molecule has 2 unspecified atom stereocenters. The summed E-state index contributed by atoms with van der Waals surface area (Å²) in [6.07, 6.45) is 9.20. The summed E-state index contributed by atoms with van der Waals surface area (Å²) in [4.78, 5) is 0. The summed E-state index contributed by atoms with van der Waals surface area (Å²) in [7, 11) is 1.74. The van der Waals surface area contributed by atoms with Crippen LogP contribution in [-0.4, -0.2) is 19.3 Å². The van der Waals surface area contributed by atoms with Crippen molar-refractivity contribution in [3.8, 4) is 0 Å². The summed E-state index contributed by atoms with van der Waals surface area (Å²) < 4.78 is 5.22. The maximum atomic E-state index is 5.49. The first kappa shape index (κ1) is 14.6. The summed E-state index contributed by atoms with van der Waals surface area (Å²) in [5.41, 5.74) is 2.86. The van der Waals surface area contributed by atoms with Crippen molar-refractivity contribution >= 4 is 0 Å². The third-order valence-corrected chi connectivity index (χ3v) is 2.72. The molecule has 2 atom stereocenters. The predicted octanol–water partition coefficient (Wildman–Crippen LogP) is 2.38. The van der Waals surface area contributed by atoms with E-state index in [1.807, 2.05) is 6.08 Å². The van der Waals surface area contributed by atoms with Gasteiger partial charge in [-0.2, -0.15) is 0 Å². The van der Waals surface area contributed by atoms with Crippen LogP contribution in [0.2, 0.25) is 0 Å². The summed E-state index contributed by atoms with van der Waals surface area (Å²) in [6, 6.07) is 0.378. The lowest BCUT2D eigenvalue weighted by Gasteiger charge is -2.19. The van der Waals surface area contributed by atoms with E-state index in [1.165, 1.54) is 19.3 Å². The molecule has 0 saturated carbocycles. The second kappa shape index (κ2) is 10.1. The number of hydrogen-bond acceptors (Lipinski definition) is 3. The zero-order valence-electron chi connectivity index (χ0n) is 10.2. The number of allylic oxidation sites excluding steroid dienone is 1. The highest BCUT2D eigenvalue weighted by Crippen LogP contribution is 2.10. The Bertz CT molecular complexity index is 151. The van der Waals surface area contributed by atoms with Crippen molar-refractivity contribution in [1.82, 2.24) is 5.43 Å². The van der Waals surface area contributed by atoms with E-state index >= 15 is 0 Å². The molecule has 0 aliphatic heterocycles. The fourth-order valence-corrected chi connectivity index (χ4v) is 1.62. The second-order valence-electron chi connectivity index (χ2n) is 4.07. The van der Waals surface area contributed by atoms with Gasteiger partial charge < -0.3 is 4.74 Å². The van der Waals surface area contributed by atoms with Crippen LogP contribution < -0.4 is 11.3 Å². The fraction of sp³-hybridized carbons (Fsp3) is 0.833. The van der Waals surface area contributed by atoms with Gasteiger partial charge in [-0.25, -0.2) is 0 Å². The average Bonchev–Trinajstić information content (AvgIpc) is 2.26. The van der Waals surface area contributed by atoms with Crippen LogP contribution in [0.5, 0.6) is 0 Å². The zero-order chi connectivity index (χ0) is 11.5. The molecule has 0 fully saturated rings. The van der Waals surface area contributed by atoms with Crippen LogP contribution >= 0.6 is 0 Å². The molecule has 0 saturated heterocycles. The molecule has 0 aliphatic rings. The molecule has 90 valence electrons. The molecule has 3 nitrogen and oxygen atoms in total. The Kier molecular flexibility index (Phi) is 9.89. The molecule has 3 heteroatoms. The number of nitrogens with two attached hydrogens (primary N) is 1. The monoisotopic (exact) mass is 214 g/mol. The number of nitrogens with one attached hydrogen (secondary N) is 1. The van der Waals surface area contributed by atoms with Gasteiger partial charge in [-0.1, -0.05) is 18.9 Å². The van der Waals surface area contributed by atoms with Gasteiger partial charge in [0, 0.05) is 13.2 Å². The molecule has 0 aliphatic carbocycles. The summed E-state index contributed by atoms with van der Waals surface area (Å²) >= 11 is 0. The molecule has 3 N–H and O–H groups in total. The third kappa shape index (κ3) is 8.60. The summed E-state index contributed by atoms with van der Waals surface area (Å²) in [6.45, 7) is 5.78. The topological polar surface area (TPSA) is 47.3 Å². The van der Waals surface area contributed by atoms with Crippen LogP contribution in [0.1, 0.15) is 45.4 Å². The Morgan fingerprint density at radius 3 is 2.67 bits per heavy atom. The summed E-state index contributed by atoms with van der Waals surface area (Å²) in [5, 5.41) is 0. The van der Waals surface area contributed by atoms with Gasteiger partial charge in [0.1, 0.15) is 0 Å². The van der Waals surface area contributed by atoms with E-state index in [4.69, 9.17) is 10.6 Å². The van der Waals surface area contributed by atoms with Crippen molar-refractivity contribution in [2.24, 2.45) is 5.84 Å². The van der Waals surface area contributed by atoms with Gasteiger partial charge in [-0.3, -0.25) is 11.3 Å². The van der Waals surface area contributed by atoms with Crippen LogP contribution in [0, 0.1) is 0 Å². The fourth-order valence-electron chi connectivity index (χ4n) is 1.62. The van der Waals surface area contributed by atoms with Gasteiger partial charge in [0.05, 0.1) is 6.10 Å². The van der Waals surface area contributed by atoms with E-state index in [9.17, 15) is 0 Å². The Labute approximate surface area is 94.0 Å². The molecular weight excluding hydrogens is 188 g/mol. The van der Waals surface area contributed by atoms with E-state index in [-0.39, 0.29) is 6.10 Å². The molecule has 0 amide bonds. The standard InChI is InChI=1S/C12H26N2O/c1-4-5-6-7-8-9-12(14-13)10-11(2)15-3/h4,11-12,14H,1,5-10,13H2,2-3H3. The minimum Gasteiger partial charge on any atom is -0.382 e. The smallest absolute Gasteiger partial charge is 0.0558 e. The quantitative estimate of drug-likeness (QED) is 0.254. The number of methoxy groups -OCH3 is 1. The van der Waals surface area contributed by atoms with Gasteiger partial charge >= 0.3 is 0 Å². The van der Waals surface area contributed by atoms with E-state index in [2.05, 4.69) is 18.9 Å². The molecule has 0 rings (SSSR count). The molecule has 0 spiro atoms. The van der Waals surface area contributed by atoms with E-state index in [1.54, 1.807) is 7.11 Å². The van der Waals surface area contributed by atoms with Crippen molar-refractivity contribution < 1.29 is 4.74 Å². The van der Waals surface area contributed by atoms with Crippen molar-refractivity contribution in [2.45, 2.75) is 57.6 Å². The van der Waals surface area contributed by atoms with Crippen LogP contribution in [0.25, 0.3) is 0 Å². The largest absolute Gasteiger partial charge is 0.382 e. The van der Waals surface area contributed by atoms with Gasteiger partial charge in [-0.15, -0.1) is 6.58 Å². The number of hydrazine groups is 1. The van der Waals surface area contributed by atoms with Crippen LogP contribution in [0.3, 0.4) is 0 Å². The predicted molar refractivity (Wildman–Crippen MR) is 65.5 cm³/mol. The molecular formula is C12H26N2O. The van der Waals surface area contributed by atoms with Gasteiger partial charge in [-0.05, 0) is 32.6 Å². The van der Waals surface area contributed by atoms with E-state index < -0.39 is 0 Å². The first-order valence-corrected chi connectivity index (χ1v) is 5.84. The van der Waals surface area contributed by atoms with Crippen molar-refractivity contribution in [1.29, 1.82) is 0 Å². The van der Waals surface area contributed by atoms with Gasteiger partial charge in [0.15, 0.2) is 0 Å². The maximum Gasteiger partial charge on any atom is 0.0558 e. The van der Waals surface area contributed by atoms with E-state index in [0.717, 1.165) is 19.3 Å². The highest BCUT2D eigenvalue weighted by molar-refractivity contribution is 4.69. The number of unbranched alkanes of at least 4 members (excludes halogenated alkanes) is 3. The lowest BCUT2D eigenvalue weighted by atomic mass is 10.0. The SMILES string of the molecule is C=CCCCCCC(CC(C)OC)NN. The van der Waals surface area contributed by atoms with Crippen LogP contribution in [0.4, 0.5) is 0 Å². The van der Waals surface area contributed by atoms with Crippen LogP contribution in [0.15, 0.2) is 12.7 Å². The molecule has 0 radical (unpaired) electrons. The first-order chi connectivity index (χ1) is 7.24. The van der Waals surface area contributed by atoms with Crippen molar-refractivity contribution in [3.05, 3.63) is 12.7 Å². The summed E-state index contributed by atoms with van der Waals surface area (Å²) in [5.74, 6) is 5.49. The molecule has 0 aromatic carbocycles. The zero-order valence-corrected chi connectivity index (χ0v) is 10.2. The number of hydrogen-bond donors (Lipinski definition) is 2. The van der Waals surface area contributed by atoms with Crippen molar-refractivity contribution in [2.75, 3.05) is 7.11 Å². The molecule has 0 aromatic rings. The first-order valence-electron chi connectivity index (χ1n) is 5.84. The van der Waals surface area contributed by atoms with Crippen molar-refractivity contribution in [3.63, 3.8) is 0 Å². The van der Waals surface area contributed by atoms with Gasteiger partial charge in [0.25, 0.3) is 0 Å². The Hall–Kier alpha value is -0.380. The molecule has 0 bridgehead atoms. The highest BCUT2D eigenvalue weighted by Gasteiger charge is 2.10. The third-order valence-electron chi connectivity index (χ3n) is 2.72. The Morgan fingerprint density at radius 1 is 1.40 bits per heavy atom. The van der Waals surface area contributed by atoms with Crippen LogP contribution in [-0.2, 0) is 4.74 Å². The minimum atomic E-state index is 0.277. The maximum absolute atomic E-state index is 5.49. The molecule has 0 heterocycles. The Morgan fingerprint density at radius 2 is 2.13 bits per heavy atom. The lowest BCUT2D eigenvalue weighted by molar-refractivity contribution is 0.0989. The number of ether oxygens (including phenoxy) is 1. The lowest BCUT2D eigenvalue weighted by Crippen LogP contribution is -2.37. The normalized spacial score (nSPS) is 14.9. The highest BCUT2D eigenvalue weighted by atomic mass is 16.5. The second-order valence-corrected chi connectivity index (χ2v) is 4.07. The molecule has 15 heavy (non-hydrogen) atoms. The van der Waals surface area contributed by atoms with Gasteiger partial charge in [0.2, 0.25) is 0 Å². The average molecular weight is 214 g/mol. The number of rotatable bonds is 10.